The normalized spacial score (nSPS) is 13.2. The summed E-state index contributed by atoms with van der Waals surface area (Å²) >= 11 is 4.23. The largest absolute Gasteiger partial charge is 0.383 e. The van der Waals surface area contributed by atoms with Gasteiger partial charge in [0.25, 0.3) is 0 Å². The lowest BCUT2D eigenvalue weighted by atomic mass is 10.1. The summed E-state index contributed by atoms with van der Waals surface area (Å²) in [7, 11) is 1.79. The van der Waals surface area contributed by atoms with Crippen LogP contribution >= 0.6 is 12.6 Å². The molecular formula is C15H33NOS. The Kier molecular flexibility index (Phi) is 13.9. The standard InChI is InChI=1S/C15H33NOS/c1-4-16(15(2)14-17-3)12-10-8-6-5-7-9-11-13-18/h15,18H,4-14H2,1-3H3. The predicted octanol–water partition coefficient (Wildman–Crippen LogP) is 4.00. The van der Waals surface area contributed by atoms with Crippen LogP contribution in [0.5, 0.6) is 0 Å². The lowest BCUT2D eigenvalue weighted by Gasteiger charge is -2.27. The molecule has 18 heavy (non-hydrogen) atoms. The molecule has 0 heterocycles. The third kappa shape index (κ3) is 10.2. The van der Waals surface area contributed by atoms with E-state index in [9.17, 15) is 0 Å². The van der Waals surface area contributed by atoms with E-state index in [1.807, 2.05) is 0 Å². The van der Waals surface area contributed by atoms with Gasteiger partial charge in [0, 0.05) is 13.2 Å². The van der Waals surface area contributed by atoms with E-state index < -0.39 is 0 Å². The van der Waals surface area contributed by atoms with Gasteiger partial charge in [-0.3, -0.25) is 4.90 Å². The third-order valence-corrected chi connectivity index (χ3v) is 3.86. The lowest BCUT2D eigenvalue weighted by molar-refractivity contribution is 0.101. The number of ether oxygens (including phenoxy) is 1. The maximum Gasteiger partial charge on any atom is 0.0615 e. The Morgan fingerprint density at radius 1 is 1.00 bits per heavy atom. The van der Waals surface area contributed by atoms with E-state index in [4.69, 9.17) is 4.74 Å². The SMILES string of the molecule is CCN(CCCCCCCCCS)C(C)COC. The molecule has 0 aromatic heterocycles. The Labute approximate surface area is 120 Å². The second-order valence-electron chi connectivity index (χ2n) is 5.13. The third-order valence-electron chi connectivity index (χ3n) is 3.54. The van der Waals surface area contributed by atoms with E-state index >= 15 is 0 Å². The number of unbranched alkanes of at least 4 members (excludes halogenated alkanes) is 6. The molecule has 1 unspecified atom stereocenters. The van der Waals surface area contributed by atoms with Crippen molar-refractivity contribution in [3.63, 3.8) is 0 Å². The summed E-state index contributed by atoms with van der Waals surface area (Å²) in [5.74, 6) is 1.04. The van der Waals surface area contributed by atoms with Crippen LogP contribution < -0.4 is 0 Å². The minimum atomic E-state index is 0.551. The second-order valence-corrected chi connectivity index (χ2v) is 5.58. The Morgan fingerprint density at radius 2 is 1.56 bits per heavy atom. The highest BCUT2D eigenvalue weighted by Crippen LogP contribution is 2.09. The van der Waals surface area contributed by atoms with Gasteiger partial charge in [-0.1, -0.05) is 39.0 Å². The molecule has 1 atom stereocenters. The summed E-state index contributed by atoms with van der Waals surface area (Å²) in [6.45, 7) is 7.69. The van der Waals surface area contributed by atoms with Gasteiger partial charge in [0.1, 0.15) is 0 Å². The lowest BCUT2D eigenvalue weighted by Crippen LogP contribution is -2.36. The molecule has 0 bridgehead atoms. The van der Waals surface area contributed by atoms with Gasteiger partial charge in [-0.2, -0.15) is 12.6 Å². The van der Waals surface area contributed by atoms with Crippen molar-refractivity contribution in [2.24, 2.45) is 0 Å². The van der Waals surface area contributed by atoms with Gasteiger partial charge in [-0.15, -0.1) is 0 Å². The molecule has 0 aliphatic heterocycles. The summed E-state index contributed by atoms with van der Waals surface area (Å²) in [6.07, 6.45) is 9.51. The molecule has 0 spiro atoms. The second kappa shape index (κ2) is 13.7. The Bertz CT molecular complexity index is 167. The quantitative estimate of drug-likeness (QED) is 0.403. The van der Waals surface area contributed by atoms with Gasteiger partial charge in [-0.25, -0.2) is 0 Å². The van der Waals surface area contributed by atoms with Crippen molar-refractivity contribution in [1.29, 1.82) is 0 Å². The van der Waals surface area contributed by atoms with Crippen molar-refractivity contribution < 1.29 is 4.74 Å². The van der Waals surface area contributed by atoms with Crippen molar-refractivity contribution in [2.75, 3.05) is 32.6 Å². The van der Waals surface area contributed by atoms with Crippen LogP contribution in [0.2, 0.25) is 0 Å². The molecule has 0 aromatic carbocycles. The fourth-order valence-electron chi connectivity index (χ4n) is 2.35. The molecule has 0 aromatic rings. The van der Waals surface area contributed by atoms with Gasteiger partial charge in [0.2, 0.25) is 0 Å². The molecule has 0 radical (unpaired) electrons. The van der Waals surface area contributed by atoms with Gasteiger partial charge in [0.15, 0.2) is 0 Å². The molecule has 0 amide bonds. The number of methoxy groups -OCH3 is 1. The Hall–Kier alpha value is 0.270. The van der Waals surface area contributed by atoms with Crippen LogP contribution in [0.25, 0.3) is 0 Å². The fraction of sp³-hybridized carbons (Fsp3) is 1.00. The van der Waals surface area contributed by atoms with E-state index in [1.165, 1.54) is 51.5 Å². The van der Waals surface area contributed by atoms with Gasteiger partial charge < -0.3 is 4.74 Å². The number of hydrogen-bond donors (Lipinski definition) is 1. The first-order chi connectivity index (χ1) is 8.76. The predicted molar refractivity (Wildman–Crippen MR) is 84.8 cm³/mol. The average molecular weight is 276 g/mol. The molecule has 0 rings (SSSR count). The van der Waals surface area contributed by atoms with Gasteiger partial charge in [0.05, 0.1) is 6.61 Å². The van der Waals surface area contributed by atoms with Crippen LogP contribution in [0.3, 0.4) is 0 Å². The molecule has 0 fully saturated rings. The average Bonchev–Trinajstić information content (AvgIpc) is 2.37. The van der Waals surface area contributed by atoms with Crippen molar-refractivity contribution >= 4 is 12.6 Å². The van der Waals surface area contributed by atoms with Crippen molar-refractivity contribution in [3.05, 3.63) is 0 Å². The summed E-state index contributed by atoms with van der Waals surface area (Å²) in [4.78, 5) is 2.52. The van der Waals surface area contributed by atoms with Crippen LogP contribution in [0.4, 0.5) is 0 Å². The first-order valence-corrected chi connectivity index (χ1v) is 8.23. The monoisotopic (exact) mass is 275 g/mol. The molecule has 3 heteroatoms. The summed E-state index contributed by atoms with van der Waals surface area (Å²) in [5.41, 5.74) is 0. The molecule has 0 saturated carbocycles. The van der Waals surface area contributed by atoms with E-state index in [0.29, 0.717) is 6.04 Å². The van der Waals surface area contributed by atoms with E-state index in [-0.39, 0.29) is 0 Å². The topological polar surface area (TPSA) is 12.5 Å². The summed E-state index contributed by atoms with van der Waals surface area (Å²) in [6, 6.07) is 0.551. The molecular weight excluding hydrogens is 242 g/mol. The van der Waals surface area contributed by atoms with Crippen LogP contribution in [0, 0.1) is 0 Å². The van der Waals surface area contributed by atoms with Crippen LogP contribution in [0.15, 0.2) is 0 Å². The van der Waals surface area contributed by atoms with Crippen molar-refractivity contribution in [1.82, 2.24) is 4.90 Å². The minimum Gasteiger partial charge on any atom is -0.383 e. The van der Waals surface area contributed by atoms with Gasteiger partial charge in [-0.05, 0) is 38.6 Å². The minimum absolute atomic E-state index is 0.551. The zero-order valence-electron chi connectivity index (χ0n) is 12.7. The maximum atomic E-state index is 5.22. The number of thiol groups is 1. The molecule has 2 nitrogen and oxygen atoms in total. The molecule has 0 N–H and O–H groups in total. The highest BCUT2D eigenvalue weighted by Gasteiger charge is 2.10. The first-order valence-electron chi connectivity index (χ1n) is 7.60. The maximum absolute atomic E-state index is 5.22. The number of hydrogen-bond acceptors (Lipinski definition) is 3. The number of nitrogens with zero attached hydrogens (tertiary/aromatic N) is 1. The Balaban J connectivity index is 3.39. The number of likely N-dealkylation sites (N-methyl/N-ethyl adjacent to an activating group) is 1. The molecule has 0 aliphatic rings. The number of rotatable bonds is 13. The van der Waals surface area contributed by atoms with Gasteiger partial charge >= 0.3 is 0 Å². The van der Waals surface area contributed by atoms with Crippen molar-refractivity contribution in [3.8, 4) is 0 Å². The van der Waals surface area contributed by atoms with E-state index in [2.05, 4.69) is 31.4 Å². The van der Waals surface area contributed by atoms with Crippen LogP contribution in [-0.4, -0.2) is 43.5 Å². The Morgan fingerprint density at radius 3 is 2.06 bits per heavy atom. The summed E-state index contributed by atoms with van der Waals surface area (Å²) in [5, 5.41) is 0. The van der Waals surface area contributed by atoms with Crippen LogP contribution in [-0.2, 0) is 4.74 Å². The zero-order valence-corrected chi connectivity index (χ0v) is 13.6. The molecule has 0 aliphatic carbocycles. The highest BCUT2D eigenvalue weighted by atomic mass is 32.1. The smallest absolute Gasteiger partial charge is 0.0615 e. The first kappa shape index (κ1) is 18.3. The molecule has 110 valence electrons. The van der Waals surface area contributed by atoms with Crippen LogP contribution in [0.1, 0.15) is 58.8 Å². The molecule has 0 saturated heterocycles. The van der Waals surface area contributed by atoms with E-state index in [1.54, 1.807) is 7.11 Å². The highest BCUT2D eigenvalue weighted by molar-refractivity contribution is 7.80. The fourth-order valence-corrected chi connectivity index (χ4v) is 2.57. The van der Waals surface area contributed by atoms with Crippen molar-refractivity contribution in [2.45, 2.75) is 64.8 Å². The zero-order chi connectivity index (χ0) is 13.6. The van der Waals surface area contributed by atoms with E-state index in [0.717, 1.165) is 18.9 Å². The summed E-state index contributed by atoms with van der Waals surface area (Å²) < 4.78 is 5.22.